The van der Waals surface area contributed by atoms with Crippen molar-refractivity contribution in [1.29, 1.82) is 0 Å². The van der Waals surface area contributed by atoms with Crippen LogP contribution in [-0.4, -0.2) is 5.97 Å². The van der Waals surface area contributed by atoms with E-state index < -0.39 is 0 Å². The summed E-state index contributed by atoms with van der Waals surface area (Å²) in [5, 5.41) is 0. The number of carbonyl (C=O) groups excluding carboxylic acids is 1. The number of hydrogen-bond donors (Lipinski definition) is 0. The summed E-state index contributed by atoms with van der Waals surface area (Å²) in [7, 11) is 0. The lowest BCUT2D eigenvalue weighted by atomic mass is 10.1. The van der Waals surface area contributed by atoms with Gasteiger partial charge in [0.25, 0.3) is 0 Å². The van der Waals surface area contributed by atoms with Crippen molar-refractivity contribution in [1.82, 2.24) is 0 Å². The standard InChI is InChI=1S/C11H14O2/c1-4-11(12)13-10-6-8(2)5-9(3)7-10/h5-7H,4H2,1-3H3. The maximum Gasteiger partial charge on any atom is 0.310 e. The third-order valence-electron chi connectivity index (χ3n) is 1.72. The largest absolute Gasteiger partial charge is 0.427 e. The number of carbonyl (C=O) groups is 1. The molecule has 0 heterocycles. The summed E-state index contributed by atoms with van der Waals surface area (Å²) in [4.78, 5) is 11.0. The second kappa shape index (κ2) is 4.08. The summed E-state index contributed by atoms with van der Waals surface area (Å²) in [5.74, 6) is 0.453. The van der Waals surface area contributed by atoms with Gasteiger partial charge in [-0.05, 0) is 37.1 Å². The number of benzene rings is 1. The third kappa shape index (κ3) is 2.90. The van der Waals surface area contributed by atoms with Crippen molar-refractivity contribution < 1.29 is 9.53 Å². The molecule has 13 heavy (non-hydrogen) atoms. The molecule has 0 bridgehead atoms. The Morgan fingerprint density at radius 2 is 1.77 bits per heavy atom. The zero-order valence-corrected chi connectivity index (χ0v) is 8.26. The maximum absolute atomic E-state index is 11.0. The first-order chi connectivity index (χ1) is 6.11. The van der Waals surface area contributed by atoms with Gasteiger partial charge in [-0.15, -0.1) is 0 Å². The molecule has 0 spiro atoms. The van der Waals surface area contributed by atoms with E-state index in [1.54, 1.807) is 6.92 Å². The van der Waals surface area contributed by atoms with E-state index in [4.69, 9.17) is 4.74 Å². The van der Waals surface area contributed by atoms with Crippen LogP contribution in [0.4, 0.5) is 0 Å². The number of hydrogen-bond acceptors (Lipinski definition) is 2. The van der Waals surface area contributed by atoms with E-state index >= 15 is 0 Å². The van der Waals surface area contributed by atoms with Gasteiger partial charge in [-0.3, -0.25) is 4.79 Å². The highest BCUT2D eigenvalue weighted by Crippen LogP contribution is 2.16. The number of esters is 1. The van der Waals surface area contributed by atoms with Crippen LogP contribution in [-0.2, 0) is 4.79 Å². The van der Waals surface area contributed by atoms with Gasteiger partial charge in [-0.2, -0.15) is 0 Å². The Labute approximate surface area is 78.5 Å². The molecule has 0 aliphatic heterocycles. The van der Waals surface area contributed by atoms with Gasteiger partial charge in [0.15, 0.2) is 0 Å². The van der Waals surface area contributed by atoms with E-state index in [0.29, 0.717) is 12.2 Å². The van der Waals surface area contributed by atoms with Crippen LogP contribution in [0.2, 0.25) is 0 Å². The molecule has 0 atom stereocenters. The Morgan fingerprint density at radius 1 is 1.23 bits per heavy atom. The Morgan fingerprint density at radius 3 is 2.23 bits per heavy atom. The van der Waals surface area contributed by atoms with Gasteiger partial charge in [-0.1, -0.05) is 13.0 Å². The lowest BCUT2D eigenvalue weighted by Gasteiger charge is -2.04. The first-order valence-corrected chi connectivity index (χ1v) is 4.41. The molecule has 2 heteroatoms. The van der Waals surface area contributed by atoms with Crippen molar-refractivity contribution in [2.75, 3.05) is 0 Å². The van der Waals surface area contributed by atoms with E-state index in [2.05, 4.69) is 0 Å². The zero-order valence-electron chi connectivity index (χ0n) is 8.26. The Kier molecular flexibility index (Phi) is 3.07. The van der Waals surface area contributed by atoms with Gasteiger partial charge in [0.05, 0.1) is 0 Å². The molecule has 0 aromatic heterocycles. The number of rotatable bonds is 2. The van der Waals surface area contributed by atoms with Crippen molar-refractivity contribution in [3.8, 4) is 5.75 Å². The molecular formula is C11H14O2. The molecule has 0 saturated carbocycles. The molecule has 0 unspecified atom stereocenters. The van der Waals surface area contributed by atoms with Crippen molar-refractivity contribution in [3.05, 3.63) is 29.3 Å². The minimum Gasteiger partial charge on any atom is -0.427 e. The van der Waals surface area contributed by atoms with E-state index in [-0.39, 0.29) is 5.97 Å². The molecule has 0 N–H and O–H groups in total. The summed E-state index contributed by atoms with van der Waals surface area (Å²) in [6.07, 6.45) is 0.410. The van der Waals surface area contributed by atoms with Gasteiger partial charge >= 0.3 is 5.97 Å². The monoisotopic (exact) mass is 178 g/mol. The smallest absolute Gasteiger partial charge is 0.310 e. The molecule has 1 aromatic carbocycles. The fourth-order valence-electron chi connectivity index (χ4n) is 1.20. The SMILES string of the molecule is CCC(=O)Oc1cc(C)cc(C)c1. The van der Waals surface area contributed by atoms with E-state index in [0.717, 1.165) is 11.1 Å². The summed E-state index contributed by atoms with van der Waals surface area (Å²) < 4.78 is 5.09. The summed E-state index contributed by atoms with van der Waals surface area (Å²) in [5.41, 5.74) is 2.22. The summed E-state index contributed by atoms with van der Waals surface area (Å²) in [6, 6.07) is 5.77. The van der Waals surface area contributed by atoms with Crippen LogP contribution in [0.15, 0.2) is 18.2 Å². The molecule has 0 aliphatic carbocycles. The quantitative estimate of drug-likeness (QED) is 0.514. The van der Waals surface area contributed by atoms with Gasteiger partial charge < -0.3 is 4.74 Å². The van der Waals surface area contributed by atoms with Crippen LogP contribution in [0.25, 0.3) is 0 Å². The molecular weight excluding hydrogens is 164 g/mol. The van der Waals surface area contributed by atoms with Crippen molar-refractivity contribution in [2.45, 2.75) is 27.2 Å². The number of ether oxygens (including phenoxy) is 1. The van der Waals surface area contributed by atoms with Crippen LogP contribution in [0.1, 0.15) is 24.5 Å². The van der Waals surface area contributed by atoms with E-state index in [1.165, 1.54) is 0 Å². The fraction of sp³-hybridized carbons (Fsp3) is 0.364. The molecule has 1 rings (SSSR count). The molecule has 0 aliphatic rings. The minimum absolute atomic E-state index is 0.190. The molecule has 2 nitrogen and oxygen atoms in total. The predicted octanol–water partition coefficient (Wildman–Crippen LogP) is 2.62. The fourth-order valence-corrected chi connectivity index (χ4v) is 1.20. The summed E-state index contributed by atoms with van der Waals surface area (Å²) in [6.45, 7) is 5.75. The van der Waals surface area contributed by atoms with Crippen LogP contribution in [0.5, 0.6) is 5.75 Å². The normalized spacial score (nSPS) is 9.77. The summed E-state index contributed by atoms with van der Waals surface area (Å²) >= 11 is 0. The lowest BCUT2D eigenvalue weighted by molar-refractivity contribution is -0.134. The molecule has 1 aromatic rings. The molecule has 70 valence electrons. The molecule has 0 amide bonds. The van der Waals surface area contributed by atoms with Crippen molar-refractivity contribution >= 4 is 5.97 Å². The molecule has 0 fully saturated rings. The van der Waals surface area contributed by atoms with Gasteiger partial charge in [0.2, 0.25) is 0 Å². The second-order valence-electron chi connectivity index (χ2n) is 3.15. The highest BCUT2D eigenvalue weighted by Gasteiger charge is 2.01. The van der Waals surface area contributed by atoms with Gasteiger partial charge in [0, 0.05) is 6.42 Å². The second-order valence-corrected chi connectivity index (χ2v) is 3.15. The van der Waals surface area contributed by atoms with Crippen LogP contribution in [0, 0.1) is 13.8 Å². The Bertz CT molecular complexity index is 296. The average molecular weight is 178 g/mol. The van der Waals surface area contributed by atoms with Crippen molar-refractivity contribution in [2.24, 2.45) is 0 Å². The highest BCUT2D eigenvalue weighted by molar-refractivity contribution is 5.72. The Hall–Kier alpha value is -1.31. The molecule has 0 saturated heterocycles. The van der Waals surface area contributed by atoms with Crippen LogP contribution >= 0.6 is 0 Å². The highest BCUT2D eigenvalue weighted by atomic mass is 16.5. The van der Waals surface area contributed by atoms with E-state index in [1.807, 2.05) is 32.0 Å². The maximum atomic E-state index is 11.0. The lowest BCUT2D eigenvalue weighted by Crippen LogP contribution is -2.05. The topological polar surface area (TPSA) is 26.3 Å². The first-order valence-electron chi connectivity index (χ1n) is 4.41. The van der Waals surface area contributed by atoms with Crippen LogP contribution < -0.4 is 4.74 Å². The number of aryl methyl sites for hydroxylation is 2. The van der Waals surface area contributed by atoms with E-state index in [9.17, 15) is 4.79 Å². The van der Waals surface area contributed by atoms with Crippen molar-refractivity contribution in [3.63, 3.8) is 0 Å². The third-order valence-corrected chi connectivity index (χ3v) is 1.72. The molecule has 0 radical (unpaired) electrons. The Balaban J connectivity index is 2.83. The van der Waals surface area contributed by atoms with Crippen LogP contribution in [0.3, 0.4) is 0 Å². The zero-order chi connectivity index (χ0) is 9.84. The van der Waals surface area contributed by atoms with Gasteiger partial charge in [0.1, 0.15) is 5.75 Å². The minimum atomic E-state index is -0.190. The first kappa shape index (κ1) is 9.78. The van der Waals surface area contributed by atoms with Gasteiger partial charge in [-0.25, -0.2) is 0 Å². The average Bonchev–Trinajstić information content (AvgIpc) is 2.02. The predicted molar refractivity (Wildman–Crippen MR) is 51.8 cm³/mol.